The number of benzene rings is 2. The van der Waals surface area contributed by atoms with Crippen LogP contribution < -0.4 is 4.90 Å². The van der Waals surface area contributed by atoms with Crippen molar-refractivity contribution in [3.05, 3.63) is 60.2 Å². The van der Waals surface area contributed by atoms with Crippen molar-refractivity contribution in [2.45, 2.75) is 27.2 Å². The summed E-state index contributed by atoms with van der Waals surface area (Å²) in [7, 11) is 0. The van der Waals surface area contributed by atoms with Crippen LogP contribution in [0, 0.1) is 5.41 Å². The largest absolute Gasteiger partial charge is 0.396 e. The molecule has 3 aromatic rings. The Balaban J connectivity index is 1.72. The number of likely N-dealkylation sites (N-methyl/N-ethyl adjacent to an activating group) is 1. The Morgan fingerprint density at radius 3 is 2.47 bits per heavy atom. The Labute approximate surface area is 180 Å². The van der Waals surface area contributed by atoms with E-state index in [0.717, 1.165) is 56.2 Å². The normalized spacial score (nSPS) is 15.7. The van der Waals surface area contributed by atoms with Gasteiger partial charge in [0.2, 0.25) is 0 Å². The number of aliphatic hydroxyl groups is 1. The van der Waals surface area contributed by atoms with E-state index in [4.69, 9.17) is 4.98 Å². The molecule has 0 saturated carbocycles. The van der Waals surface area contributed by atoms with E-state index in [2.05, 4.69) is 85.2 Å². The summed E-state index contributed by atoms with van der Waals surface area (Å²) in [4.78, 5) is 10.1. The van der Waals surface area contributed by atoms with Crippen LogP contribution in [0.25, 0.3) is 22.0 Å². The van der Waals surface area contributed by atoms with Crippen LogP contribution in [-0.2, 0) is 6.42 Å². The maximum atomic E-state index is 9.66. The van der Waals surface area contributed by atoms with E-state index in [1.165, 1.54) is 16.3 Å². The van der Waals surface area contributed by atoms with E-state index in [-0.39, 0.29) is 12.0 Å². The SMILES string of the molecule is CCN1CCN(c2nc(-c3cccc(CC(C)(C)CO)c3)cc3ccccc23)CC1. The molecule has 2 aromatic carbocycles. The smallest absolute Gasteiger partial charge is 0.137 e. The van der Waals surface area contributed by atoms with Gasteiger partial charge in [0.1, 0.15) is 5.82 Å². The van der Waals surface area contributed by atoms with Gasteiger partial charge in [0, 0.05) is 43.7 Å². The van der Waals surface area contributed by atoms with Gasteiger partial charge >= 0.3 is 0 Å². The van der Waals surface area contributed by atoms with Crippen molar-refractivity contribution in [2.75, 3.05) is 44.2 Å². The fourth-order valence-corrected chi connectivity index (χ4v) is 4.29. The zero-order valence-electron chi connectivity index (χ0n) is 18.4. The molecule has 4 rings (SSSR count). The van der Waals surface area contributed by atoms with Crippen molar-refractivity contribution >= 4 is 16.6 Å². The highest BCUT2D eigenvalue weighted by atomic mass is 16.3. The topological polar surface area (TPSA) is 39.6 Å². The molecule has 1 saturated heterocycles. The molecule has 4 heteroatoms. The molecule has 0 bridgehead atoms. The molecule has 4 nitrogen and oxygen atoms in total. The van der Waals surface area contributed by atoms with Gasteiger partial charge in [-0.3, -0.25) is 0 Å². The lowest BCUT2D eigenvalue weighted by Crippen LogP contribution is -2.46. The first kappa shape index (κ1) is 20.8. The highest BCUT2D eigenvalue weighted by Gasteiger charge is 2.20. The summed E-state index contributed by atoms with van der Waals surface area (Å²) in [5.41, 5.74) is 3.27. The second-order valence-corrected chi connectivity index (χ2v) is 9.17. The van der Waals surface area contributed by atoms with Gasteiger partial charge < -0.3 is 14.9 Å². The van der Waals surface area contributed by atoms with Gasteiger partial charge in [-0.1, -0.05) is 63.2 Å². The second-order valence-electron chi connectivity index (χ2n) is 9.17. The average molecular weight is 404 g/mol. The Bertz CT molecular complexity index is 1010. The van der Waals surface area contributed by atoms with Crippen molar-refractivity contribution in [1.29, 1.82) is 0 Å². The van der Waals surface area contributed by atoms with E-state index in [0.29, 0.717) is 0 Å². The molecule has 0 radical (unpaired) electrons. The monoisotopic (exact) mass is 403 g/mol. The zero-order chi connectivity index (χ0) is 21.1. The van der Waals surface area contributed by atoms with Crippen molar-refractivity contribution in [3.8, 4) is 11.3 Å². The highest BCUT2D eigenvalue weighted by Crippen LogP contribution is 2.32. The van der Waals surface area contributed by atoms with Gasteiger partial charge in [0.05, 0.1) is 5.69 Å². The van der Waals surface area contributed by atoms with Crippen LogP contribution in [0.3, 0.4) is 0 Å². The number of hydrogen-bond donors (Lipinski definition) is 1. The average Bonchev–Trinajstić information content (AvgIpc) is 2.78. The van der Waals surface area contributed by atoms with Gasteiger partial charge in [-0.15, -0.1) is 0 Å². The molecule has 0 spiro atoms. The molecular weight excluding hydrogens is 370 g/mol. The molecule has 0 atom stereocenters. The van der Waals surface area contributed by atoms with Crippen LogP contribution in [0.1, 0.15) is 26.3 Å². The van der Waals surface area contributed by atoms with Crippen molar-refractivity contribution < 1.29 is 5.11 Å². The second kappa shape index (κ2) is 8.75. The van der Waals surface area contributed by atoms with Crippen LogP contribution in [-0.4, -0.2) is 54.3 Å². The van der Waals surface area contributed by atoms with Gasteiger partial charge in [0.25, 0.3) is 0 Å². The fourth-order valence-electron chi connectivity index (χ4n) is 4.29. The number of anilines is 1. The first-order valence-corrected chi connectivity index (χ1v) is 11.1. The first-order valence-electron chi connectivity index (χ1n) is 11.1. The first-order chi connectivity index (χ1) is 14.5. The van der Waals surface area contributed by atoms with Crippen LogP contribution >= 0.6 is 0 Å². The van der Waals surface area contributed by atoms with Crippen LogP contribution in [0.15, 0.2) is 54.6 Å². The fraction of sp³-hybridized carbons (Fsp3) is 0.423. The Morgan fingerprint density at radius 1 is 0.967 bits per heavy atom. The summed E-state index contributed by atoms with van der Waals surface area (Å²) < 4.78 is 0. The van der Waals surface area contributed by atoms with E-state index in [9.17, 15) is 5.11 Å². The Morgan fingerprint density at radius 2 is 1.73 bits per heavy atom. The number of nitrogens with zero attached hydrogens (tertiary/aromatic N) is 3. The zero-order valence-corrected chi connectivity index (χ0v) is 18.4. The summed E-state index contributed by atoms with van der Waals surface area (Å²) in [6.45, 7) is 11.9. The number of aliphatic hydroxyl groups excluding tert-OH is 1. The minimum Gasteiger partial charge on any atom is -0.396 e. The maximum Gasteiger partial charge on any atom is 0.137 e. The quantitative estimate of drug-likeness (QED) is 0.653. The number of fused-ring (bicyclic) bond motifs is 1. The predicted octanol–water partition coefficient (Wildman–Crippen LogP) is 4.60. The number of pyridine rings is 1. The summed E-state index contributed by atoms with van der Waals surface area (Å²) in [6, 6.07) is 19.4. The van der Waals surface area contributed by atoms with Gasteiger partial charge in [-0.2, -0.15) is 0 Å². The standard InChI is InChI=1S/C26H33N3O/c1-4-28-12-14-29(15-13-28)25-23-11-6-5-9-21(23)17-24(27-25)22-10-7-8-20(16-22)18-26(2,3)19-30/h5-11,16-17,30H,4,12-15,18-19H2,1-3H3. The van der Waals surface area contributed by atoms with Gasteiger partial charge in [-0.25, -0.2) is 4.98 Å². The molecule has 1 aromatic heterocycles. The molecule has 30 heavy (non-hydrogen) atoms. The molecule has 1 aliphatic rings. The third kappa shape index (κ3) is 4.50. The number of hydrogen-bond acceptors (Lipinski definition) is 4. The number of piperazine rings is 1. The maximum absolute atomic E-state index is 9.66. The molecule has 0 amide bonds. The van der Waals surface area contributed by atoms with E-state index < -0.39 is 0 Å². The van der Waals surface area contributed by atoms with E-state index in [1.54, 1.807) is 0 Å². The lowest BCUT2D eigenvalue weighted by atomic mass is 9.86. The number of rotatable bonds is 6. The summed E-state index contributed by atoms with van der Waals surface area (Å²) in [5, 5.41) is 12.1. The summed E-state index contributed by atoms with van der Waals surface area (Å²) >= 11 is 0. The lowest BCUT2D eigenvalue weighted by Gasteiger charge is -2.35. The molecule has 1 aliphatic heterocycles. The van der Waals surface area contributed by atoms with Gasteiger partial charge in [0.15, 0.2) is 0 Å². The van der Waals surface area contributed by atoms with E-state index >= 15 is 0 Å². The van der Waals surface area contributed by atoms with Crippen LogP contribution in [0.2, 0.25) is 0 Å². The third-order valence-electron chi connectivity index (χ3n) is 6.17. The lowest BCUT2D eigenvalue weighted by molar-refractivity contribution is 0.159. The number of aromatic nitrogens is 1. The van der Waals surface area contributed by atoms with Crippen molar-refractivity contribution in [2.24, 2.45) is 5.41 Å². The predicted molar refractivity (Wildman–Crippen MR) is 126 cm³/mol. The Hall–Kier alpha value is -2.43. The van der Waals surface area contributed by atoms with Crippen molar-refractivity contribution in [1.82, 2.24) is 9.88 Å². The van der Waals surface area contributed by atoms with Crippen LogP contribution in [0.5, 0.6) is 0 Å². The minimum absolute atomic E-state index is 0.125. The third-order valence-corrected chi connectivity index (χ3v) is 6.17. The van der Waals surface area contributed by atoms with Crippen LogP contribution in [0.4, 0.5) is 5.82 Å². The minimum atomic E-state index is -0.125. The molecular formula is C26H33N3O. The Kier molecular flexibility index (Phi) is 6.07. The van der Waals surface area contributed by atoms with Gasteiger partial charge in [-0.05, 0) is 41.5 Å². The summed E-state index contributed by atoms with van der Waals surface area (Å²) in [5.74, 6) is 1.10. The molecule has 158 valence electrons. The molecule has 0 aliphatic carbocycles. The van der Waals surface area contributed by atoms with Crippen molar-refractivity contribution in [3.63, 3.8) is 0 Å². The summed E-state index contributed by atoms with van der Waals surface area (Å²) in [6.07, 6.45) is 0.844. The van der Waals surface area contributed by atoms with E-state index in [1.807, 2.05) is 0 Å². The molecule has 1 N–H and O–H groups in total. The molecule has 1 fully saturated rings. The molecule has 0 unspecified atom stereocenters. The highest BCUT2D eigenvalue weighted by molar-refractivity contribution is 5.95. The molecule has 2 heterocycles.